The molecule has 0 saturated carbocycles. The highest BCUT2D eigenvalue weighted by Crippen LogP contribution is 2.23. The van der Waals surface area contributed by atoms with E-state index in [-0.39, 0.29) is 5.91 Å². The second kappa shape index (κ2) is 9.92. The van der Waals surface area contributed by atoms with Crippen molar-refractivity contribution in [1.82, 2.24) is 9.88 Å². The number of anilines is 1. The SMILES string of the molecule is O=C(CCc1ncc(-c2ccc(Cl)cc2)o1)Nc1cccc(CN2CCCCC2)c1. The predicted molar refractivity (Wildman–Crippen MR) is 119 cm³/mol. The van der Waals surface area contributed by atoms with Gasteiger partial charge in [-0.1, -0.05) is 30.2 Å². The van der Waals surface area contributed by atoms with Gasteiger partial charge < -0.3 is 9.73 Å². The van der Waals surface area contributed by atoms with Crippen LogP contribution in [0, 0.1) is 0 Å². The van der Waals surface area contributed by atoms with Crippen LogP contribution in [0.3, 0.4) is 0 Å². The molecule has 2 aromatic carbocycles. The van der Waals surface area contributed by atoms with Gasteiger partial charge in [-0.25, -0.2) is 4.98 Å². The minimum Gasteiger partial charge on any atom is -0.441 e. The van der Waals surface area contributed by atoms with Crippen molar-refractivity contribution in [3.8, 4) is 11.3 Å². The number of rotatable bonds is 7. The molecule has 0 radical (unpaired) electrons. The van der Waals surface area contributed by atoms with Gasteiger partial charge in [-0.3, -0.25) is 9.69 Å². The third kappa shape index (κ3) is 5.71. The number of carbonyl (C=O) groups excluding carboxylic acids is 1. The van der Waals surface area contributed by atoms with Crippen LogP contribution in [0.15, 0.2) is 59.1 Å². The third-order valence-corrected chi connectivity index (χ3v) is 5.57. The highest BCUT2D eigenvalue weighted by atomic mass is 35.5. The zero-order chi connectivity index (χ0) is 20.8. The number of likely N-dealkylation sites (tertiary alicyclic amines) is 1. The molecule has 0 atom stereocenters. The highest BCUT2D eigenvalue weighted by Gasteiger charge is 2.12. The Labute approximate surface area is 182 Å². The van der Waals surface area contributed by atoms with E-state index in [4.69, 9.17) is 16.0 Å². The number of amides is 1. The van der Waals surface area contributed by atoms with E-state index in [1.54, 1.807) is 6.20 Å². The molecule has 1 N–H and O–H groups in total. The molecular formula is C24H26ClN3O2. The van der Waals surface area contributed by atoms with Gasteiger partial charge in [0.15, 0.2) is 11.7 Å². The minimum absolute atomic E-state index is 0.0450. The van der Waals surface area contributed by atoms with Crippen LogP contribution in [0.4, 0.5) is 5.69 Å². The molecule has 2 heterocycles. The fourth-order valence-electron chi connectivity index (χ4n) is 3.74. The lowest BCUT2D eigenvalue weighted by atomic mass is 10.1. The Morgan fingerprint density at radius 3 is 2.70 bits per heavy atom. The molecule has 1 aromatic heterocycles. The maximum atomic E-state index is 12.4. The van der Waals surface area contributed by atoms with Crippen molar-refractivity contribution in [2.75, 3.05) is 18.4 Å². The molecule has 3 aromatic rings. The van der Waals surface area contributed by atoms with Crippen molar-refractivity contribution in [2.24, 2.45) is 0 Å². The number of nitrogens with zero attached hydrogens (tertiary/aromatic N) is 2. The van der Waals surface area contributed by atoms with Gasteiger partial charge in [0.05, 0.1) is 6.20 Å². The fraction of sp³-hybridized carbons (Fsp3) is 0.333. The molecule has 0 aliphatic carbocycles. The van der Waals surface area contributed by atoms with Gasteiger partial charge in [-0.05, 0) is 67.9 Å². The van der Waals surface area contributed by atoms with Crippen molar-refractivity contribution in [1.29, 1.82) is 0 Å². The van der Waals surface area contributed by atoms with Crippen molar-refractivity contribution in [3.63, 3.8) is 0 Å². The lowest BCUT2D eigenvalue weighted by Crippen LogP contribution is -2.29. The van der Waals surface area contributed by atoms with E-state index in [1.807, 2.05) is 36.4 Å². The zero-order valence-electron chi connectivity index (χ0n) is 16.9. The molecule has 1 aliphatic rings. The number of carbonyl (C=O) groups is 1. The summed E-state index contributed by atoms with van der Waals surface area (Å²) in [5, 5.41) is 3.67. The number of oxazole rings is 1. The van der Waals surface area contributed by atoms with Crippen LogP contribution in [-0.2, 0) is 17.8 Å². The van der Waals surface area contributed by atoms with Crippen LogP contribution in [-0.4, -0.2) is 28.9 Å². The maximum absolute atomic E-state index is 12.4. The molecule has 5 nitrogen and oxygen atoms in total. The van der Waals surface area contributed by atoms with Crippen LogP contribution in [0.5, 0.6) is 0 Å². The normalized spacial score (nSPS) is 14.6. The Kier molecular flexibility index (Phi) is 6.82. The highest BCUT2D eigenvalue weighted by molar-refractivity contribution is 6.30. The van der Waals surface area contributed by atoms with E-state index in [0.29, 0.717) is 29.5 Å². The lowest BCUT2D eigenvalue weighted by molar-refractivity contribution is -0.116. The van der Waals surface area contributed by atoms with Gasteiger partial charge in [0.25, 0.3) is 0 Å². The molecule has 0 spiro atoms. The number of hydrogen-bond acceptors (Lipinski definition) is 4. The monoisotopic (exact) mass is 423 g/mol. The first-order chi connectivity index (χ1) is 14.7. The van der Waals surface area contributed by atoms with Crippen LogP contribution in [0.2, 0.25) is 5.02 Å². The maximum Gasteiger partial charge on any atom is 0.224 e. The molecule has 1 amide bonds. The van der Waals surface area contributed by atoms with Crippen LogP contribution < -0.4 is 5.32 Å². The summed E-state index contributed by atoms with van der Waals surface area (Å²) in [6.45, 7) is 3.25. The second-order valence-electron chi connectivity index (χ2n) is 7.71. The van der Waals surface area contributed by atoms with Crippen molar-refractivity contribution >= 4 is 23.2 Å². The quantitative estimate of drug-likeness (QED) is 0.541. The Morgan fingerprint density at radius 2 is 1.90 bits per heavy atom. The van der Waals surface area contributed by atoms with Gasteiger partial charge in [0.1, 0.15) is 0 Å². The number of hydrogen-bond donors (Lipinski definition) is 1. The summed E-state index contributed by atoms with van der Waals surface area (Å²) in [6.07, 6.45) is 6.33. The molecule has 0 bridgehead atoms. The van der Waals surface area contributed by atoms with Gasteiger partial charge >= 0.3 is 0 Å². The topological polar surface area (TPSA) is 58.4 Å². The van der Waals surface area contributed by atoms with Gasteiger partial charge in [-0.15, -0.1) is 0 Å². The average Bonchev–Trinajstić information content (AvgIpc) is 3.23. The number of aromatic nitrogens is 1. The van der Waals surface area contributed by atoms with Crippen molar-refractivity contribution < 1.29 is 9.21 Å². The van der Waals surface area contributed by atoms with E-state index < -0.39 is 0 Å². The average molecular weight is 424 g/mol. The van der Waals surface area contributed by atoms with Crippen LogP contribution >= 0.6 is 11.6 Å². The summed E-state index contributed by atoms with van der Waals surface area (Å²) >= 11 is 5.92. The van der Waals surface area contributed by atoms with Gasteiger partial charge in [-0.2, -0.15) is 0 Å². The number of benzene rings is 2. The first-order valence-electron chi connectivity index (χ1n) is 10.5. The Balaban J connectivity index is 1.29. The van der Waals surface area contributed by atoms with E-state index >= 15 is 0 Å². The van der Waals surface area contributed by atoms with Crippen LogP contribution in [0.1, 0.15) is 37.1 Å². The Bertz CT molecular complexity index is 978. The summed E-state index contributed by atoms with van der Waals surface area (Å²) in [6, 6.07) is 15.5. The predicted octanol–water partition coefficient (Wildman–Crippen LogP) is 5.55. The van der Waals surface area contributed by atoms with Gasteiger partial charge in [0.2, 0.25) is 5.91 Å². The van der Waals surface area contributed by atoms with Gasteiger partial charge in [0, 0.05) is 35.7 Å². The molecular weight excluding hydrogens is 398 g/mol. The van der Waals surface area contributed by atoms with Crippen LogP contribution in [0.25, 0.3) is 11.3 Å². The van der Waals surface area contributed by atoms with E-state index in [2.05, 4.69) is 27.3 Å². The molecule has 1 saturated heterocycles. The molecule has 30 heavy (non-hydrogen) atoms. The summed E-state index contributed by atoms with van der Waals surface area (Å²) in [5.74, 6) is 1.18. The number of aryl methyl sites for hydroxylation is 1. The minimum atomic E-state index is -0.0450. The van der Waals surface area contributed by atoms with Crippen molar-refractivity contribution in [2.45, 2.75) is 38.6 Å². The summed E-state index contributed by atoms with van der Waals surface area (Å²) in [4.78, 5) is 19.2. The number of nitrogens with one attached hydrogen (secondary N) is 1. The smallest absolute Gasteiger partial charge is 0.224 e. The third-order valence-electron chi connectivity index (χ3n) is 5.31. The molecule has 6 heteroatoms. The second-order valence-corrected chi connectivity index (χ2v) is 8.15. The summed E-state index contributed by atoms with van der Waals surface area (Å²) in [5.41, 5.74) is 2.98. The first kappa shape index (κ1) is 20.6. The number of halogens is 1. The largest absolute Gasteiger partial charge is 0.441 e. The summed E-state index contributed by atoms with van der Waals surface area (Å²) < 4.78 is 5.77. The molecule has 156 valence electrons. The van der Waals surface area contributed by atoms with E-state index in [0.717, 1.165) is 30.9 Å². The van der Waals surface area contributed by atoms with E-state index in [9.17, 15) is 4.79 Å². The molecule has 1 fully saturated rings. The Morgan fingerprint density at radius 1 is 1.10 bits per heavy atom. The molecule has 0 unspecified atom stereocenters. The van der Waals surface area contributed by atoms with Crippen molar-refractivity contribution in [3.05, 3.63) is 71.2 Å². The number of piperidine rings is 1. The fourth-order valence-corrected chi connectivity index (χ4v) is 3.87. The first-order valence-corrected chi connectivity index (χ1v) is 10.9. The molecule has 4 rings (SSSR count). The summed E-state index contributed by atoms with van der Waals surface area (Å²) in [7, 11) is 0. The zero-order valence-corrected chi connectivity index (χ0v) is 17.7. The van der Waals surface area contributed by atoms with E-state index in [1.165, 1.54) is 24.8 Å². The lowest BCUT2D eigenvalue weighted by Gasteiger charge is -2.26. The Hall–Kier alpha value is -2.63. The standard InChI is InChI=1S/C24H26ClN3O2/c25-20-9-7-19(8-10-20)22-16-26-24(30-22)12-11-23(29)27-21-6-4-5-18(15-21)17-28-13-2-1-3-14-28/h4-10,15-16H,1-3,11-14,17H2,(H,27,29). The molecule has 1 aliphatic heterocycles.